The second kappa shape index (κ2) is 8.20. The maximum absolute atomic E-state index is 13.1. The van der Waals surface area contributed by atoms with Crippen LogP contribution in [0.25, 0.3) is 10.8 Å². The zero-order valence-corrected chi connectivity index (χ0v) is 17.7. The lowest BCUT2D eigenvalue weighted by atomic mass is 9.97. The molecule has 30 heavy (non-hydrogen) atoms. The molecule has 1 aromatic heterocycles. The second-order valence-electron chi connectivity index (χ2n) is 7.70. The normalized spacial score (nSPS) is 14.2. The standard InChI is InChI=1S/C22H25N3O4S/c1-24(30(28,29)20-13-6-9-16-8-2-3-10-17(16)20)14-7-15-25-19-12-5-4-11-18(19)21(26)23-22(25)27/h2-3,6,8-10,13H,4-5,7,11-12,14-15H2,1H3,(H,23,26,27). The van der Waals surface area contributed by atoms with Crippen molar-refractivity contribution < 1.29 is 8.42 Å². The molecule has 7 nitrogen and oxygen atoms in total. The van der Waals surface area contributed by atoms with Crippen molar-refractivity contribution in [3.63, 3.8) is 0 Å². The molecular formula is C22H25N3O4S. The van der Waals surface area contributed by atoms with E-state index in [0.29, 0.717) is 36.8 Å². The van der Waals surface area contributed by atoms with Crippen molar-refractivity contribution in [1.82, 2.24) is 13.9 Å². The Hall–Kier alpha value is -2.71. The second-order valence-corrected chi connectivity index (χ2v) is 9.71. The minimum atomic E-state index is -3.67. The number of sulfonamides is 1. The molecule has 0 saturated carbocycles. The van der Waals surface area contributed by atoms with E-state index in [9.17, 15) is 18.0 Å². The van der Waals surface area contributed by atoms with Gasteiger partial charge in [0.2, 0.25) is 10.0 Å². The Morgan fingerprint density at radius 3 is 2.60 bits per heavy atom. The molecule has 4 rings (SSSR count). The Morgan fingerprint density at radius 2 is 1.77 bits per heavy atom. The van der Waals surface area contributed by atoms with E-state index in [4.69, 9.17) is 0 Å². The van der Waals surface area contributed by atoms with Crippen LogP contribution in [0.2, 0.25) is 0 Å². The lowest BCUT2D eigenvalue weighted by Crippen LogP contribution is -2.37. The van der Waals surface area contributed by atoms with Crippen LogP contribution in [0.4, 0.5) is 0 Å². The highest BCUT2D eigenvalue weighted by Crippen LogP contribution is 2.25. The predicted octanol–water partition coefficient (Wildman–Crippen LogP) is 2.28. The van der Waals surface area contributed by atoms with E-state index < -0.39 is 15.7 Å². The van der Waals surface area contributed by atoms with Crippen LogP contribution in [0, 0.1) is 0 Å². The van der Waals surface area contributed by atoms with Gasteiger partial charge in [0.1, 0.15) is 0 Å². The molecule has 8 heteroatoms. The molecule has 0 amide bonds. The summed E-state index contributed by atoms with van der Waals surface area (Å²) in [6.45, 7) is 0.638. The monoisotopic (exact) mass is 427 g/mol. The Balaban J connectivity index is 1.54. The largest absolute Gasteiger partial charge is 0.328 e. The average molecular weight is 428 g/mol. The summed E-state index contributed by atoms with van der Waals surface area (Å²) in [5, 5.41) is 1.57. The summed E-state index contributed by atoms with van der Waals surface area (Å²) in [5.74, 6) is 0. The minimum absolute atomic E-state index is 0.270. The topological polar surface area (TPSA) is 92.2 Å². The van der Waals surface area contributed by atoms with Gasteiger partial charge in [0.25, 0.3) is 5.56 Å². The first kappa shape index (κ1) is 20.6. The van der Waals surface area contributed by atoms with Gasteiger partial charge >= 0.3 is 5.69 Å². The van der Waals surface area contributed by atoms with E-state index in [0.717, 1.165) is 23.9 Å². The van der Waals surface area contributed by atoms with Gasteiger partial charge in [-0.2, -0.15) is 0 Å². The third-order valence-electron chi connectivity index (χ3n) is 5.80. The molecule has 0 aliphatic heterocycles. The number of hydrogen-bond donors (Lipinski definition) is 1. The van der Waals surface area contributed by atoms with Crippen LogP contribution < -0.4 is 11.2 Å². The molecule has 158 valence electrons. The van der Waals surface area contributed by atoms with Crippen LogP contribution in [0.3, 0.4) is 0 Å². The Labute approximate surface area is 175 Å². The van der Waals surface area contributed by atoms with Gasteiger partial charge in [-0.1, -0.05) is 36.4 Å². The first-order chi connectivity index (χ1) is 14.4. The molecule has 1 aliphatic carbocycles. The van der Waals surface area contributed by atoms with E-state index in [-0.39, 0.29) is 17.0 Å². The summed E-state index contributed by atoms with van der Waals surface area (Å²) < 4.78 is 29.2. The molecule has 1 N–H and O–H groups in total. The van der Waals surface area contributed by atoms with Crippen LogP contribution in [-0.4, -0.2) is 35.9 Å². The molecule has 2 aromatic carbocycles. The Bertz CT molecular complexity index is 1300. The SMILES string of the molecule is CN(CCCn1c2c(c(=O)[nH]c1=O)CCCC2)S(=O)(=O)c1cccc2ccccc12. The molecule has 1 aliphatic rings. The van der Waals surface area contributed by atoms with Gasteiger partial charge in [-0.25, -0.2) is 17.5 Å². The van der Waals surface area contributed by atoms with Crippen LogP contribution in [0.5, 0.6) is 0 Å². The number of nitrogens with one attached hydrogen (secondary N) is 1. The highest BCUT2D eigenvalue weighted by atomic mass is 32.2. The third kappa shape index (κ3) is 3.73. The van der Waals surface area contributed by atoms with Crippen molar-refractivity contribution in [2.24, 2.45) is 0 Å². The number of H-pyrrole nitrogens is 1. The van der Waals surface area contributed by atoms with Crippen molar-refractivity contribution in [1.29, 1.82) is 0 Å². The fourth-order valence-electron chi connectivity index (χ4n) is 4.19. The number of aromatic nitrogens is 2. The first-order valence-electron chi connectivity index (χ1n) is 10.2. The highest BCUT2D eigenvalue weighted by molar-refractivity contribution is 7.89. The highest BCUT2D eigenvalue weighted by Gasteiger charge is 2.23. The van der Waals surface area contributed by atoms with E-state index in [1.54, 1.807) is 23.7 Å². The van der Waals surface area contributed by atoms with Gasteiger partial charge < -0.3 is 0 Å². The smallest absolute Gasteiger partial charge is 0.297 e. The summed E-state index contributed by atoms with van der Waals surface area (Å²) in [7, 11) is -2.11. The molecule has 0 atom stereocenters. The fraction of sp³-hybridized carbons (Fsp3) is 0.364. The zero-order valence-electron chi connectivity index (χ0n) is 16.9. The number of rotatable bonds is 6. The van der Waals surface area contributed by atoms with Gasteiger partial charge in [0, 0.05) is 36.8 Å². The summed E-state index contributed by atoms with van der Waals surface area (Å²) in [6.07, 6.45) is 3.75. The van der Waals surface area contributed by atoms with Crippen molar-refractivity contribution in [2.45, 2.75) is 43.5 Å². The lowest BCUT2D eigenvalue weighted by Gasteiger charge is -2.21. The quantitative estimate of drug-likeness (QED) is 0.653. The number of aromatic amines is 1. The van der Waals surface area contributed by atoms with Gasteiger partial charge in [0.05, 0.1) is 4.90 Å². The van der Waals surface area contributed by atoms with Crippen molar-refractivity contribution in [2.75, 3.05) is 13.6 Å². The van der Waals surface area contributed by atoms with E-state index >= 15 is 0 Å². The van der Waals surface area contributed by atoms with Gasteiger partial charge in [0.15, 0.2) is 0 Å². The first-order valence-corrected chi connectivity index (χ1v) is 11.6. The molecule has 0 bridgehead atoms. The van der Waals surface area contributed by atoms with Gasteiger partial charge in [-0.15, -0.1) is 0 Å². The van der Waals surface area contributed by atoms with E-state index in [2.05, 4.69) is 4.98 Å². The van der Waals surface area contributed by atoms with Crippen molar-refractivity contribution in [3.8, 4) is 0 Å². The number of nitrogens with zero attached hydrogens (tertiary/aromatic N) is 2. The Morgan fingerprint density at radius 1 is 1.03 bits per heavy atom. The third-order valence-corrected chi connectivity index (χ3v) is 7.71. The summed E-state index contributed by atoms with van der Waals surface area (Å²) in [5.41, 5.74) is 0.786. The van der Waals surface area contributed by atoms with E-state index in [1.807, 2.05) is 30.3 Å². The van der Waals surface area contributed by atoms with Crippen LogP contribution >= 0.6 is 0 Å². The summed E-state index contributed by atoms with van der Waals surface area (Å²) in [6, 6.07) is 12.7. The maximum Gasteiger partial charge on any atom is 0.328 e. The van der Waals surface area contributed by atoms with Gasteiger partial charge in [-0.05, 0) is 43.6 Å². The summed E-state index contributed by atoms with van der Waals surface area (Å²) >= 11 is 0. The molecule has 0 fully saturated rings. The number of fused-ring (bicyclic) bond motifs is 2. The van der Waals surface area contributed by atoms with Crippen LogP contribution in [0.1, 0.15) is 30.5 Å². The zero-order chi connectivity index (χ0) is 21.3. The minimum Gasteiger partial charge on any atom is -0.297 e. The lowest BCUT2D eigenvalue weighted by molar-refractivity contribution is 0.436. The predicted molar refractivity (Wildman–Crippen MR) is 116 cm³/mol. The number of benzene rings is 2. The molecule has 0 radical (unpaired) electrons. The molecule has 3 aromatic rings. The maximum atomic E-state index is 13.1. The van der Waals surface area contributed by atoms with Crippen molar-refractivity contribution in [3.05, 3.63) is 74.6 Å². The molecular weight excluding hydrogens is 402 g/mol. The van der Waals surface area contributed by atoms with Crippen LogP contribution in [-0.2, 0) is 29.4 Å². The van der Waals surface area contributed by atoms with Crippen LogP contribution in [0.15, 0.2) is 56.9 Å². The van der Waals surface area contributed by atoms with Gasteiger partial charge in [-0.3, -0.25) is 14.3 Å². The molecule has 1 heterocycles. The molecule has 0 saturated heterocycles. The van der Waals surface area contributed by atoms with Crippen molar-refractivity contribution >= 4 is 20.8 Å². The molecule has 0 spiro atoms. The van der Waals surface area contributed by atoms with E-state index in [1.165, 1.54) is 4.31 Å². The summed E-state index contributed by atoms with van der Waals surface area (Å²) in [4.78, 5) is 27.1. The Kier molecular flexibility index (Phi) is 5.62. The number of hydrogen-bond acceptors (Lipinski definition) is 4. The average Bonchev–Trinajstić information content (AvgIpc) is 2.75. The molecule has 0 unspecified atom stereocenters. The fourth-order valence-corrected chi connectivity index (χ4v) is 5.61.